The second kappa shape index (κ2) is 7.78. The smallest absolute Gasteiger partial charge is 0.238 e. The molecule has 1 aromatic carbocycles. The SMILES string of the molecule is CNC1CCN(CC(=O)Nc2ccc(F)cc2Cl)C1.Cl. The van der Waals surface area contributed by atoms with E-state index < -0.39 is 5.82 Å². The van der Waals surface area contributed by atoms with E-state index in [2.05, 4.69) is 15.5 Å². The van der Waals surface area contributed by atoms with Gasteiger partial charge in [-0.3, -0.25) is 9.69 Å². The summed E-state index contributed by atoms with van der Waals surface area (Å²) in [4.78, 5) is 14.0. The van der Waals surface area contributed by atoms with E-state index in [9.17, 15) is 9.18 Å². The number of amides is 1. The van der Waals surface area contributed by atoms with Crippen LogP contribution in [-0.2, 0) is 4.79 Å². The average Bonchev–Trinajstić information content (AvgIpc) is 2.80. The van der Waals surface area contributed by atoms with Gasteiger partial charge in [0.15, 0.2) is 0 Å². The molecule has 1 aliphatic heterocycles. The highest BCUT2D eigenvalue weighted by molar-refractivity contribution is 6.33. The van der Waals surface area contributed by atoms with Gasteiger partial charge < -0.3 is 10.6 Å². The summed E-state index contributed by atoms with van der Waals surface area (Å²) in [5.41, 5.74) is 0.442. The van der Waals surface area contributed by atoms with Crippen molar-refractivity contribution in [2.75, 3.05) is 32.0 Å². The highest BCUT2D eigenvalue weighted by Crippen LogP contribution is 2.22. The first-order chi connectivity index (χ1) is 9.08. The lowest BCUT2D eigenvalue weighted by molar-refractivity contribution is -0.117. The van der Waals surface area contributed by atoms with Crippen LogP contribution in [0.3, 0.4) is 0 Å². The molecule has 0 aromatic heterocycles. The topological polar surface area (TPSA) is 44.4 Å². The summed E-state index contributed by atoms with van der Waals surface area (Å²) in [6.45, 7) is 2.09. The molecule has 0 spiro atoms. The van der Waals surface area contributed by atoms with Crippen LogP contribution in [-0.4, -0.2) is 43.5 Å². The Morgan fingerprint density at radius 1 is 1.55 bits per heavy atom. The number of likely N-dealkylation sites (tertiary alicyclic amines) is 1. The van der Waals surface area contributed by atoms with Gasteiger partial charge in [0.1, 0.15) is 5.82 Å². The molecule has 7 heteroatoms. The molecule has 1 saturated heterocycles. The molecule has 2 rings (SSSR count). The van der Waals surface area contributed by atoms with Crippen molar-refractivity contribution >= 4 is 35.6 Å². The van der Waals surface area contributed by atoms with Crippen molar-refractivity contribution in [1.82, 2.24) is 10.2 Å². The van der Waals surface area contributed by atoms with Crippen molar-refractivity contribution in [3.05, 3.63) is 29.0 Å². The fourth-order valence-corrected chi connectivity index (χ4v) is 2.41. The summed E-state index contributed by atoms with van der Waals surface area (Å²) >= 11 is 5.86. The molecule has 112 valence electrons. The number of halogens is 3. The third-order valence-electron chi connectivity index (χ3n) is 3.25. The summed E-state index contributed by atoms with van der Waals surface area (Å²) in [6, 6.07) is 4.37. The van der Waals surface area contributed by atoms with Gasteiger partial charge in [-0.2, -0.15) is 0 Å². The number of carbonyl (C=O) groups excluding carboxylic acids is 1. The lowest BCUT2D eigenvalue weighted by Gasteiger charge is -2.15. The van der Waals surface area contributed by atoms with Gasteiger partial charge in [-0.15, -0.1) is 12.4 Å². The quantitative estimate of drug-likeness (QED) is 0.893. The van der Waals surface area contributed by atoms with Crippen LogP contribution in [0.25, 0.3) is 0 Å². The Morgan fingerprint density at radius 3 is 2.90 bits per heavy atom. The molecule has 1 amide bonds. The van der Waals surface area contributed by atoms with Crippen LogP contribution in [0.15, 0.2) is 18.2 Å². The van der Waals surface area contributed by atoms with E-state index in [0.29, 0.717) is 18.3 Å². The zero-order chi connectivity index (χ0) is 13.8. The third kappa shape index (κ3) is 4.59. The van der Waals surface area contributed by atoms with Crippen LogP contribution < -0.4 is 10.6 Å². The Kier molecular flexibility index (Phi) is 6.68. The molecule has 20 heavy (non-hydrogen) atoms. The summed E-state index contributed by atoms with van der Waals surface area (Å²) < 4.78 is 12.9. The van der Waals surface area contributed by atoms with E-state index in [4.69, 9.17) is 11.6 Å². The minimum atomic E-state index is -0.417. The molecular formula is C13H18Cl2FN3O. The molecule has 0 bridgehead atoms. The maximum Gasteiger partial charge on any atom is 0.238 e. The average molecular weight is 322 g/mol. The van der Waals surface area contributed by atoms with Gasteiger partial charge in [0.25, 0.3) is 0 Å². The Hall–Kier alpha value is -0.880. The lowest BCUT2D eigenvalue weighted by atomic mass is 10.3. The number of nitrogens with zero attached hydrogens (tertiary/aromatic N) is 1. The van der Waals surface area contributed by atoms with Crippen LogP contribution in [0, 0.1) is 5.82 Å². The van der Waals surface area contributed by atoms with Gasteiger partial charge in [-0.25, -0.2) is 4.39 Å². The summed E-state index contributed by atoms with van der Waals surface area (Å²) in [6.07, 6.45) is 1.04. The van der Waals surface area contributed by atoms with Crippen molar-refractivity contribution in [3.8, 4) is 0 Å². The zero-order valence-electron chi connectivity index (χ0n) is 11.2. The molecule has 1 fully saturated rings. The third-order valence-corrected chi connectivity index (χ3v) is 3.57. The Morgan fingerprint density at radius 2 is 2.30 bits per heavy atom. The van der Waals surface area contributed by atoms with Crippen molar-refractivity contribution in [2.45, 2.75) is 12.5 Å². The summed E-state index contributed by atoms with van der Waals surface area (Å²) in [5.74, 6) is -0.551. The largest absolute Gasteiger partial charge is 0.324 e. The van der Waals surface area contributed by atoms with Gasteiger partial charge in [0, 0.05) is 19.1 Å². The second-order valence-electron chi connectivity index (χ2n) is 4.68. The number of likely N-dealkylation sites (N-methyl/N-ethyl adjacent to an activating group) is 1. The Labute approximate surface area is 129 Å². The van der Waals surface area contributed by atoms with E-state index in [-0.39, 0.29) is 23.3 Å². The highest BCUT2D eigenvalue weighted by atomic mass is 35.5. The lowest BCUT2D eigenvalue weighted by Crippen LogP contribution is -2.34. The first-order valence-electron chi connectivity index (χ1n) is 6.23. The number of nitrogens with one attached hydrogen (secondary N) is 2. The van der Waals surface area contributed by atoms with Gasteiger partial charge in [-0.05, 0) is 31.7 Å². The molecular weight excluding hydrogens is 304 g/mol. The van der Waals surface area contributed by atoms with Gasteiger partial charge in [0.05, 0.1) is 17.3 Å². The number of benzene rings is 1. The Balaban J connectivity index is 0.00000200. The molecule has 0 aliphatic carbocycles. The molecule has 1 aromatic rings. The normalized spacial score (nSPS) is 18.6. The van der Waals surface area contributed by atoms with Gasteiger partial charge in [-0.1, -0.05) is 11.6 Å². The van der Waals surface area contributed by atoms with Gasteiger partial charge >= 0.3 is 0 Å². The van der Waals surface area contributed by atoms with Crippen LogP contribution in [0.5, 0.6) is 0 Å². The van der Waals surface area contributed by atoms with Crippen LogP contribution in [0.4, 0.5) is 10.1 Å². The van der Waals surface area contributed by atoms with Crippen LogP contribution in [0.2, 0.25) is 5.02 Å². The second-order valence-corrected chi connectivity index (χ2v) is 5.09. The molecule has 1 unspecified atom stereocenters. The minimum Gasteiger partial charge on any atom is -0.324 e. The molecule has 0 radical (unpaired) electrons. The van der Waals surface area contributed by atoms with E-state index in [1.54, 1.807) is 0 Å². The van der Waals surface area contributed by atoms with Gasteiger partial charge in [0.2, 0.25) is 5.91 Å². The first kappa shape index (κ1) is 17.2. The van der Waals surface area contributed by atoms with E-state index in [1.807, 2.05) is 7.05 Å². The maximum absolute atomic E-state index is 12.9. The van der Waals surface area contributed by atoms with E-state index >= 15 is 0 Å². The molecule has 2 N–H and O–H groups in total. The summed E-state index contributed by atoms with van der Waals surface area (Å²) in [7, 11) is 1.92. The predicted octanol–water partition coefficient (Wildman–Crippen LogP) is 2.13. The molecule has 1 aliphatic rings. The fourth-order valence-electron chi connectivity index (χ4n) is 2.20. The molecule has 0 saturated carbocycles. The van der Waals surface area contributed by atoms with Crippen molar-refractivity contribution in [3.63, 3.8) is 0 Å². The standard InChI is InChI=1S/C13H17ClFN3O.ClH/c1-16-10-4-5-18(7-10)8-13(19)17-12-3-2-9(15)6-11(12)14;/h2-3,6,10,16H,4-5,7-8H2,1H3,(H,17,19);1H. The minimum absolute atomic E-state index is 0. The van der Waals surface area contributed by atoms with Crippen molar-refractivity contribution in [1.29, 1.82) is 0 Å². The predicted molar refractivity (Wildman–Crippen MR) is 81.2 cm³/mol. The summed E-state index contributed by atoms with van der Waals surface area (Å²) in [5, 5.41) is 6.10. The molecule has 1 heterocycles. The van der Waals surface area contributed by atoms with Crippen molar-refractivity contribution < 1.29 is 9.18 Å². The fraction of sp³-hybridized carbons (Fsp3) is 0.462. The number of anilines is 1. The van der Waals surface area contributed by atoms with Crippen molar-refractivity contribution in [2.24, 2.45) is 0 Å². The zero-order valence-corrected chi connectivity index (χ0v) is 12.7. The monoisotopic (exact) mass is 321 g/mol. The molecule has 1 atom stereocenters. The van der Waals surface area contributed by atoms with E-state index in [0.717, 1.165) is 19.5 Å². The first-order valence-corrected chi connectivity index (χ1v) is 6.61. The maximum atomic E-state index is 12.9. The number of hydrogen-bond donors (Lipinski definition) is 2. The number of hydrogen-bond acceptors (Lipinski definition) is 3. The molecule has 4 nitrogen and oxygen atoms in total. The van der Waals surface area contributed by atoms with E-state index in [1.165, 1.54) is 18.2 Å². The van der Waals surface area contributed by atoms with Crippen LogP contribution in [0.1, 0.15) is 6.42 Å². The number of rotatable bonds is 4. The van der Waals surface area contributed by atoms with Crippen LogP contribution >= 0.6 is 24.0 Å². The number of carbonyl (C=O) groups is 1. The highest BCUT2D eigenvalue weighted by Gasteiger charge is 2.22. The Bertz CT molecular complexity index is 473.